The molecule has 1 fully saturated rings. The van der Waals surface area contributed by atoms with E-state index in [2.05, 4.69) is 28.2 Å². The largest absolute Gasteiger partial charge is 0.326 e. The summed E-state index contributed by atoms with van der Waals surface area (Å²) in [5.74, 6) is -0.234. The molecule has 0 bridgehead atoms. The van der Waals surface area contributed by atoms with Crippen molar-refractivity contribution in [2.45, 2.75) is 25.2 Å². The first-order valence-corrected chi connectivity index (χ1v) is 13.3. The Morgan fingerprint density at radius 3 is 2.58 bits per heavy atom. The van der Waals surface area contributed by atoms with Crippen LogP contribution in [0.5, 0.6) is 0 Å². The average Bonchev–Trinajstić information content (AvgIpc) is 3.27. The molecule has 0 spiro atoms. The van der Waals surface area contributed by atoms with E-state index in [9.17, 15) is 13.2 Å². The first kappa shape index (κ1) is 23.6. The van der Waals surface area contributed by atoms with Crippen LogP contribution in [0.15, 0.2) is 58.8 Å². The average molecular weight is 485 g/mol. The molecule has 3 aromatic rings. The summed E-state index contributed by atoms with van der Waals surface area (Å²) in [6, 6.07) is 14.5. The molecule has 1 aromatic heterocycles. The number of anilines is 1. The molecule has 1 amide bonds. The summed E-state index contributed by atoms with van der Waals surface area (Å²) in [5, 5.41) is 5.57. The van der Waals surface area contributed by atoms with Gasteiger partial charge in [0.2, 0.25) is 15.9 Å². The fourth-order valence-electron chi connectivity index (χ4n) is 3.84. The van der Waals surface area contributed by atoms with Crippen molar-refractivity contribution >= 4 is 33.0 Å². The summed E-state index contributed by atoms with van der Waals surface area (Å²) in [6.45, 7) is 7.42. The van der Waals surface area contributed by atoms with Gasteiger partial charge in [0.1, 0.15) is 5.01 Å². The van der Waals surface area contributed by atoms with Gasteiger partial charge in [0.25, 0.3) is 0 Å². The van der Waals surface area contributed by atoms with E-state index in [1.54, 1.807) is 18.2 Å². The molecule has 4 rings (SSSR count). The lowest BCUT2D eigenvalue weighted by Crippen LogP contribution is -2.48. The van der Waals surface area contributed by atoms with E-state index in [0.29, 0.717) is 24.5 Å². The van der Waals surface area contributed by atoms with Crippen molar-refractivity contribution in [3.05, 3.63) is 65.2 Å². The van der Waals surface area contributed by atoms with Crippen molar-refractivity contribution in [2.75, 3.05) is 38.0 Å². The van der Waals surface area contributed by atoms with Crippen LogP contribution in [-0.4, -0.2) is 61.2 Å². The molecule has 33 heavy (non-hydrogen) atoms. The molecule has 2 heterocycles. The fraction of sp³-hybridized carbons (Fsp3) is 0.333. The number of carbonyl (C=O) groups is 1. The number of aromatic nitrogens is 1. The lowest BCUT2D eigenvalue weighted by atomic mass is 10.1. The fourth-order valence-corrected chi connectivity index (χ4v) is 6.12. The first-order valence-electron chi connectivity index (χ1n) is 11.0. The molecule has 0 radical (unpaired) electrons. The van der Waals surface area contributed by atoms with E-state index in [4.69, 9.17) is 0 Å². The molecule has 7 nitrogen and oxygen atoms in total. The molecular formula is C24H28N4O3S2. The minimum Gasteiger partial charge on any atom is -0.326 e. The molecule has 1 N–H and O–H groups in total. The highest BCUT2D eigenvalue weighted by Gasteiger charge is 2.28. The zero-order valence-corrected chi connectivity index (χ0v) is 20.5. The zero-order valence-electron chi connectivity index (χ0n) is 18.8. The number of rotatable bonds is 7. The maximum absolute atomic E-state index is 13.1. The number of thiazole rings is 1. The highest BCUT2D eigenvalue weighted by molar-refractivity contribution is 7.89. The lowest BCUT2D eigenvalue weighted by molar-refractivity contribution is -0.115. The van der Waals surface area contributed by atoms with Gasteiger partial charge < -0.3 is 10.2 Å². The second-order valence-electron chi connectivity index (χ2n) is 8.10. The number of likely N-dealkylation sites (N-methyl/N-ethyl adjacent to an activating group) is 1. The summed E-state index contributed by atoms with van der Waals surface area (Å²) in [6.07, 6.45) is 0.123. The van der Waals surface area contributed by atoms with Crippen LogP contribution in [0.25, 0.3) is 10.6 Å². The summed E-state index contributed by atoms with van der Waals surface area (Å²) < 4.78 is 27.6. The third-order valence-electron chi connectivity index (χ3n) is 5.69. The molecule has 0 saturated carbocycles. The van der Waals surface area contributed by atoms with Crippen LogP contribution in [0.2, 0.25) is 0 Å². The van der Waals surface area contributed by atoms with Crippen LogP contribution in [0.4, 0.5) is 5.69 Å². The van der Waals surface area contributed by atoms with E-state index < -0.39 is 10.0 Å². The number of piperazine rings is 1. The van der Waals surface area contributed by atoms with Gasteiger partial charge in [-0.15, -0.1) is 11.3 Å². The Morgan fingerprint density at radius 2 is 1.85 bits per heavy atom. The van der Waals surface area contributed by atoms with Crippen LogP contribution < -0.4 is 5.32 Å². The summed E-state index contributed by atoms with van der Waals surface area (Å²) in [5.41, 5.74) is 3.34. The normalized spacial score (nSPS) is 15.5. The summed E-state index contributed by atoms with van der Waals surface area (Å²) in [7, 11) is -3.60. The van der Waals surface area contributed by atoms with E-state index in [0.717, 1.165) is 35.8 Å². The molecule has 9 heteroatoms. The van der Waals surface area contributed by atoms with Crippen LogP contribution >= 0.6 is 11.3 Å². The summed E-state index contributed by atoms with van der Waals surface area (Å²) in [4.78, 5) is 19.6. The molecule has 1 aliphatic rings. The predicted molar refractivity (Wildman–Crippen MR) is 132 cm³/mol. The number of hydrogen-bond acceptors (Lipinski definition) is 6. The Morgan fingerprint density at radius 1 is 1.09 bits per heavy atom. The molecule has 2 aromatic carbocycles. The Labute approximate surface area is 199 Å². The molecule has 0 unspecified atom stereocenters. The van der Waals surface area contributed by atoms with Gasteiger partial charge >= 0.3 is 0 Å². The Hall–Kier alpha value is -2.59. The smallest absolute Gasteiger partial charge is 0.243 e. The summed E-state index contributed by atoms with van der Waals surface area (Å²) >= 11 is 1.50. The van der Waals surface area contributed by atoms with E-state index >= 15 is 0 Å². The Balaban J connectivity index is 1.41. The number of hydrogen-bond donors (Lipinski definition) is 1. The van der Waals surface area contributed by atoms with Crippen molar-refractivity contribution < 1.29 is 13.2 Å². The van der Waals surface area contributed by atoms with E-state index in [1.165, 1.54) is 21.7 Å². The number of nitrogens with one attached hydrogen (secondary N) is 1. The quantitative estimate of drug-likeness (QED) is 0.554. The van der Waals surface area contributed by atoms with Crippen LogP contribution in [-0.2, 0) is 21.2 Å². The van der Waals surface area contributed by atoms with E-state index in [-0.39, 0.29) is 17.2 Å². The number of carbonyl (C=O) groups excluding carboxylic acids is 1. The molecule has 174 valence electrons. The number of nitrogens with zero attached hydrogens (tertiary/aromatic N) is 3. The van der Waals surface area contributed by atoms with E-state index in [1.807, 2.05) is 30.5 Å². The van der Waals surface area contributed by atoms with Gasteiger partial charge in [-0.2, -0.15) is 4.31 Å². The molecule has 0 aliphatic carbocycles. The molecule has 0 atom stereocenters. The highest BCUT2D eigenvalue weighted by atomic mass is 32.2. The molecule has 1 aliphatic heterocycles. The topological polar surface area (TPSA) is 82.6 Å². The van der Waals surface area contributed by atoms with Crippen molar-refractivity contribution in [2.24, 2.45) is 0 Å². The van der Waals surface area contributed by atoms with Crippen molar-refractivity contribution in [3.63, 3.8) is 0 Å². The van der Waals surface area contributed by atoms with Gasteiger partial charge in [-0.25, -0.2) is 13.4 Å². The van der Waals surface area contributed by atoms with Crippen LogP contribution in [0.3, 0.4) is 0 Å². The monoisotopic (exact) mass is 484 g/mol. The maximum atomic E-state index is 13.1. The third-order valence-corrected chi connectivity index (χ3v) is 8.53. The van der Waals surface area contributed by atoms with Crippen molar-refractivity contribution in [1.29, 1.82) is 0 Å². The van der Waals surface area contributed by atoms with Crippen molar-refractivity contribution in [1.82, 2.24) is 14.2 Å². The first-order chi connectivity index (χ1) is 15.8. The third kappa shape index (κ3) is 5.67. The standard InChI is InChI=1S/C24H28N4O3S2/c1-3-27-10-12-28(13-11-27)33(30,31)22-9-5-8-20(15-22)25-23(29)16-21-17-32-24(26-21)19-7-4-6-18(2)14-19/h4-9,14-15,17H,3,10-13,16H2,1-2H3,(H,25,29). The molecule has 1 saturated heterocycles. The second-order valence-corrected chi connectivity index (χ2v) is 10.9. The van der Waals surface area contributed by atoms with Gasteiger partial charge in [-0.1, -0.05) is 36.8 Å². The zero-order chi connectivity index (χ0) is 23.4. The molecular weight excluding hydrogens is 456 g/mol. The minimum atomic E-state index is -3.60. The number of benzene rings is 2. The SMILES string of the molecule is CCN1CCN(S(=O)(=O)c2cccc(NC(=O)Cc3csc(-c4cccc(C)c4)n3)c2)CC1. The minimum absolute atomic E-state index is 0.123. The van der Waals surface area contributed by atoms with Crippen LogP contribution in [0, 0.1) is 6.92 Å². The van der Waals surface area contributed by atoms with Crippen LogP contribution in [0.1, 0.15) is 18.2 Å². The Kier molecular flexibility index (Phi) is 7.23. The van der Waals surface area contributed by atoms with Gasteiger partial charge in [-0.05, 0) is 37.7 Å². The van der Waals surface area contributed by atoms with Gasteiger partial charge in [0.05, 0.1) is 17.0 Å². The number of sulfonamides is 1. The maximum Gasteiger partial charge on any atom is 0.243 e. The number of aryl methyl sites for hydroxylation is 1. The number of amides is 1. The predicted octanol–water partition coefficient (Wildman–Crippen LogP) is 3.63. The lowest BCUT2D eigenvalue weighted by Gasteiger charge is -2.33. The van der Waals surface area contributed by atoms with Crippen molar-refractivity contribution in [3.8, 4) is 10.6 Å². The van der Waals surface area contributed by atoms with Gasteiger partial charge in [-0.3, -0.25) is 4.79 Å². The second kappa shape index (κ2) is 10.1. The Bertz CT molecular complexity index is 1230. The van der Waals surface area contributed by atoms with Gasteiger partial charge in [0, 0.05) is 42.8 Å². The highest BCUT2D eigenvalue weighted by Crippen LogP contribution is 2.25. The van der Waals surface area contributed by atoms with Gasteiger partial charge in [0.15, 0.2) is 0 Å².